The van der Waals surface area contributed by atoms with Crippen molar-refractivity contribution in [3.8, 4) is 0 Å². The molecule has 0 bridgehead atoms. The Morgan fingerprint density at radius 2 is 1.43 bits per heavy atom. The lowest BCUT2D eigenvalue weighted by Crippen LogP contribution is -2.16. The van der Waals surface area contributed by atoms with Gasteiger partial charge >= 0.3 is 0 Å². The molecule has 0 amide bonds. The first-order chi connectivity index (χ1) is 10.2. The SMILES string of the molecule is CCCCO[SiH2]C(c1ccccc1C)c1ccccc1C. The van der Waals surface area contributed by atoms with Crippen molar-refractivity contribution in [1.82, 2.24) is 0 Å². The normalized spacial score (nSPS) is 11.6. The van der Waals surface area contributed by atoms with Crippen LogP contribution >= 0.6 is 0 Å². The van der Waals surface area contributed by atoms with E-state index in [0.717, 1.165) is 6.61 Å². The predicted molar refractivity (Wildman–Crippen MR) is 93.6 cm³/mol. The zero-order valence-corrected chi connectivity index (χ0v) is 14.8. The summed E-state index contributed by atoms with van der Waals surface area (Å²) in [5.74, 6) is 0. The maximum Gasteiger partial charge on any atom is 0.173 e. The van der Waals surface area contributed by atoms with E-state index in [-0.39, 0.29) is 0 Å². The average Bonchev–Trinajstić information content (AvgIpc) is 2.50. The molecule has 0 saturated heterocycles. The standard InChI is InChI=1S/C19H26OSi/c1-4-5-14-20-21-19(17-12-8-6-10-15(17)2)18-13-9-7-11-16(18)3/h6-13,19H,4-5,14,21H2,1-3H3. The molecule has 0 unspecified atom stereocenters. The van der Waals surface area contributed by atoms with Gasteiger partial charge in [0.2, 0.25) is 0 Å². The molecule has 0 fully saturated rings. The van der Waals surface area contributed by atoms with Gasteiger partial charge in [-0.2, -0.15) is 0 Å². The third kappa shape index (κ3) is 4.29. The maximum absolute atomic E-state index is 6.09. The van der Waals surface area contributed by atoms with E-state index in [1.165, 1.54) is 35.1 Å². The number of aryl methyl sites for hydroxylation is 2. The quantitative estimate of drug-likeness (QED) is 0.547. The van der Waals surface area contributed by atoms with Gasteiger partial charge in [-0.1, -0.05) is 61.9 Å². The molecule has 0 atom stereocenters. The first-order valence-electron chi connectivity index (χ1n) is 7.92. The summed E-state index contributed by atoms with van der Waals surface area (Å²) >= 11 is 0. The van der Waals surface area contributed by atoms with Crippen LogP contribution in [0.3, 0.4) is 0 Å². The van der Waals surface area contributed by atoms with Crippen molar-refractivity contribution in [2.24, 2.45) is 0 Å². The van der Waals surface area contributed by atoms with Crippen molar-refractivity contribution >= 4 is 9.76 Å². The first-order valence-corrected chi connectivity index (χ1v) is 9.32. The Morgan fingerprint density at radius 3 is 1.90 bits per heavy atom. The minimum absolute atomic E-state index is 0.462. The second-order valence-corrected chi connectivity index (χ2v) is 7.25. The Balaban J connectivity index is 2.27. The molecule has 0 N–H and O–H groups in total. The predicted octanol–water partition coefficient (Wildman–Crippen LogP) is 4.29. The van der Waals surface area contributed by atoms with Crippen molar-refractivity contribution in [3.63, 3.8) is 0 Å². The molecule has 0 aliphatic rings. The van der Waals surface area contributed by atoms with Crippen molar-refractivity contribution in [2.45, 2.75) is 39.2 Å². The Kier molecular flexibility index (Phi) is 6.21. The van der Waals surface area contributed by atoms with Crippen LogP contribution in [0.2, 0.25) is 0 Å². The number of benzene rings is 2. The lowest BCUT2D eigenvalue weighted by atomic mass is 9.97. The van der Waals surface area contributed by atoms with Crippen LogP contribution < -0.4 is 0 Å². The van der Waals surface area contributed by atoms with Crippen LogP contribution in [0.5, 0.6) is 0 Å². The summed E-state index contributed by atoms with van der Waals surface area (Å²) in [4.78, 5) is 0. The molecule has 2 heteroatoms. The molecule has 0 heterocycles. The number of hydrogen-bond acceptors (Lipinski definition) is 1. The van der Waals surface area contributed by atoms with Crippen molar-refractivity contribution in [3.05, 3.63) is 70.8 Å². The third-order valence-corrected chi connectivity index (χ3v) is 5.79. The summed E-state index contributed by atoms with van der Waals surface area (Å²) in [6.07, 6.45) is 2.37. The Bertz CT molecular complexity index is 519. The van der Waals surface area contributed by atoms with E-state index in [2.05, 4.69) is 69.3 Å². The fourth-order valence-corrected chi connectivity index (χ4v) is 4.63. The second-order valence-electron chi connectivity index (χ2n) is 5.69. The summed E-state index contributed by atoms with van der Waals surface area (Å²) in [6, 6.07) is 17.5. The van der Waals surface area contributed by atoms with Gasteiger partial charge in [-0.3, -0.25) is 0 Å². The van der Waals surface area contributed by atoms with Gasteiger partial charge in [0.15, 0.2) is 9.76 Å². The average molecular weight is 299 g/mol. The summed E-state index contributed by atoms with van der Waals surface area (Å²) in [7, 11) is -0.634. The zero-order chi connectivity index (χ0) is 15.1. The molecule has 0 aromatic heterocycles. The minimum atomic E-state index is -0.634. The van der Waals surface area contributed by atoms with Crippen LogP contribution in [0, 0.1) is 13.8 Å². The summed E-state index contributed by atoms with van der Waals surface area (Å²) in [5.41, 5.74) is 6.09. The van der Waals surface area contributed by atoms with Crippen LogP contribution in [0.15, 0.2) is 48.5 Å². The molecule has 2 aromatic rings. The molecule has 21 heavy (non-hydrogen) atoms. The van der Waals surface area contributed by atoms with Gasteiger partial charge in [0.25, 0.3) is 0 Å². The van der Waals surface area contributed by atoms with Gasteiger partial charge in [-0.05, 0) is 42.5 Å². The lowest BCUT2D eigenvalue weighted by Gasteiger charge is -2.21. The van der Waals surface area contributed by atoms with Gasteiger partial charge < -0.3 is 4.43 Å². The van der Waals surface area contributed by atoms with Crippen LogP contribution in [0.25, 0.3) is 0 Å². The molecular formula is C19H26OSi. The Hall–Kier alpha value is -1.38. The van der Waals surface area contributed by atoms with E-state index in [9.17, 15) is 0 Å². The van der Waals surface area contributed by atoms with Crippen molar-refractivity contribution in [2.75, 3.05) is 6.61 Å². The number of rotatable bonds is 7. The van der Waals surface area contributed by atoms with E-state index >= 15 is 0 Å². The van der Waals surface area contributed by atoms with Crippen LogP contribution in [-0.4, -0.2) is 16.4 Å². The minimum Gasteiger partial charge on any atom is -0.423 e. The second kappa shape index (κ2) is 8.16. The first kappa shape index (κ1) is 16.0. The molecule has 0 spiro atoms. The van der Waals surface area contributed by atoms with Gasteiger partial charge in [-0.25, -0.2) is 0 Å². The van der Waals surface area contributed by atoms with E-state index in [4.69, 9.17) is 4.43 Å². The Morgan fingerprint density at radius 1 is 0.905 bits per heavy atom. The van der Waals surface area contributed by atoms with E-state index < -0.39 is 9.76 Å². The fraction of sp³-hybridized carbons (Fsp3) is 0.368. The molecule has 0 aliphatic carbocycles. The highest BCUT2D eigenvalue weighted by Crippen LogP contribution is 2.28. The molecule has 0 aliphatic heterocycles. The van der Waals surface area contributed by atoms with Gasteiger partial charge in [0.1, 0.15) is 0 Å². The highest BCUT2D eigenvalue weighted by molar-refractivity contribution is 6.31. The summed E-state index contributed by atoms with van der Waals surface area (Å²) in [5, 5.41) is 0. The van der Waals surface area contributed by atoms with Crippen LogP contribution in [-0.2, 0) is 4.43 Å². The van der Waals surface area contributed by atoms with Crippen LogP contribution in [0.4, 0.5) is 0 Å². The summed E-state index contributed by atoms with van der Waals surface area (Å²) < 4.78 is 6.09. The Labute approximate surface area is 131 Å². The smallest absolute Gasteiger partial charge is 0.173 e. The van der Waals surface area contributed by atoms with Crippen molar-refractivity contribution in [1.29, 1.82) is 0 Å². The fourth-order valence-electron chi connectivity index (χ4n) is 2.75. The lowest BCUT2D eigenvalue weighted by molar-refractivity contribution is 0.322. The van der Waals surface area contributed by atoms with Gasteiger partial charge in [0, 0.05) is 12.1 Å². The monoisotopic (exact) mass is 298 g/mol. The topological polar surface area (TPSA) is 9.23 Å². The van der Waals surface area contributed by atoms with Gasteiger partial charge in [0.05, 0.1) is 0 Å². The zero-order valence-electron chi connectivity index (χ0n) is 13.4. The molecule has 2 aromatic carbocycles. The molecular weight excluding hydrogens is 272 g/mol. The maximum atomic E-state index is 6.09. The summed E-state index contributed by atoms with van der Waals surface area (Å²) in [6.45, 7) is 7.55. The van der Waals surface area contributed by atoms with Crippen LogP contribution in [0.1, 0.15) is 47.6 Å². The van der Waals surface area contributed by atoms with Gasteiger partial charge in [-0.15, -0.1) is 0 Å². The number of unbranched alkanes of at least 4 members (excludes halogenated alkanes) is 1. The largest absolute Gasteiger partial charge is 0.423 e. The van der Waals surface area contributed by atoms with E-state index in [1.54, 1.807) is 0 Å². The van der Waals surface area contributed by atoms with Crippen molar-refractivity contribution < 1.29 is 4.43 Å². The molecule has 0 radical (unpaired) electrons. The molecule has 0 saturated carbocycles. The molecule has 112 valence electrons. The number of hydrogen-bond donors (Lipinski definition) is 0. The molecule has 1 nitrogen and oxygen atoms in total. The van der Waals surface area contributed by atoms with E-state index in [0.29, 0.717) is 5.54 Å². The highest BCUT2D eigenvalue weighted by Gasteiger charge is 2.18. The molecule has 2 rings (SSSR count). The van der Waals surface area contributed by atoms with E-state index in [1.807, 2.05) is 0 Å². The highest BCUT2D eigenvalue weighted by atomic mass is 28.2. The third-order valence-electron chi connectivity index (χ3n) is 4.05.